The molecule has 0 fully saturated rings. The summed E-state index contributed by atoms with van der Waals surface area (Å²) >= 11 is 0. The van der Waals surface area contributed by atoms with Gasteiger partial charge in [0.2, 0.25) is 0 Å². The molecule has 0 N–H and O–H groups in total. The van der Waals surface area contributed by atoms with E-state index in [0.29, 0.717) is 10.4 Å². The van der Waals surface area contributed by atoms with Crippen molar-refractivity contribution in [1.29, 1.82) is 0 Å². The van der Waals surface area contributed by atoms with Crippen LogP contribution in [0.1, 0.15) is 0 Å². The fourth-order valence-corrected chi connectivity index (χ4v) is 1.21. The molecule has 2 aromatic rings. The molecule has 1 aromatic heterocycles. The van der Waals surface area contributed by atoms with Crippen LogP contribution in [0.25, 0.3) is 11.3 Å². The van der Waals surface area contributed by atoms with E-state index in [-0.39, 0.29) is 0 Å². The average Bonchev–Trinajstić information content (AvgIpc) is 2.29. The van der Waals surface area contributed by atoms with Crippen molar-refractivity contribution in [2.24, 2.45) is 0 Å². The van der Waals surface area contributed by atoms with Gasteiger partial charge in [0, 0.05) is 5.56 Å². The molecule has 0 spiro atoms. The van der Waals surface area contributed by atoms with Crippen LogP contribution >= 0.6 is 0 Å². The Bertz CT molecular complexity index is 456. The zero-order valence-electron chi connectivity index (χ0n) is 8.12. The van der Waals surface area contributed by atoms with Crippen LogP contribution in [0.4, 0.5) is 0 Å². The Morgan fingerprint density at radius 1 is 1.27 bits per heavy atom. The van der Waals surface area contributed by atoms with E-state index in [0.717, 1.165) is 17.6 Å². The molecule has 2 rings (SSSR count). The first kappa shape index (κ1) is 9.39. The second-order valence-corrected chi connectivity index (χ2v) is 2.93. The summed E-state index contributed by atoms with van der Waals surface area (Å²) in [6.45, 7) is 0. The minimum atomic E-state index is 0.537. The summed E-state index contributed by atoms with van der Waals surface area (Å²) in [5.41, 5.74) is 1.36. The summed E-state index contributed by atoms with van der Waals surface area (Å²) in [4.78, 5) is 0. The molecule has 0 aliphatic heterocycles. The number of nitrogens with zero attached hydrogens (tertiary/aromatic N) is 3. The second kappa shape index (κ2) is 3.91. The third kappa shape index (κ3) is 2.01. The number of rotatable bonds is 2. The van der Waals surface area contributed by atoms with Gasteiger partial charge < -0.3 is 9.94 Å². The van der Waals surface area contributed by atoms with Crippen LogP contribution in [0.15, 0.2) is 36.8 Å². The summed E-state index contributed by atoms with van der Waals surface area (Å²) in [6, 6.07) is 7.25. The molecule has 0 aliphatic rings. The average molecular weight is 203 g/mol. The van der Waals surface area contributed by atoms with Crippen LogP contribution in [-0.4, -0.2) is 17.3 Å². The minimum Gasteiger partial charge on any atom is -0.711 e. The fourth-order valence-electron chi connectivity index (χ4n) is 1.21. The number of hydrogen-bond donors (Lipinski definition) is 0. The van der Waals surface area contributed by atoms with Crippen molar-refractivity contribution in [3.05, 3.63) is 42.0 Å². The standard InChI is InChI=1S/C10H9N3O2/c1-15-9-4-2-8(3-5-9)10-6-13(14)7-11-12-10/h2-7H,1H3. The van der Waals surface area contributed by atoms with Crippen LogP contribution in [0.2, 0.25) is 0 Å². The number of methoxy groups -OCH3 is 1. The third-order valence-electron chi connectivity index (χ3n) is 1.97. The molecule has 5 heteroatoms. The van der Waals surface area contributed by atoms with Gasteiger partial charge in [0.1, 0.15) is 11.9 Å². The lowest BCUT2D eigenvalue weighted by molar-refractivity contribution is -0.609. The van der Waals surface area contributed by atoms with Gasteiger partial charge in [-0.3, -0.25) is 0 Å². The minimum absolute atomic E-state index is 0.537. The highest BCUT2D eigenvalue weighted by molar-refractivity contribution is 5.57. The van der Waals surface area contributed by atoms with Crippen LogP contribution in [0.3, 0.4) is 0 Å². The molecule has 0 amide bonds. The lowest BCUT2D eigenvalue weighted by Gasteiger charge is -2.02. The fraction of sp³-hybridized carbons (Fsp3) is 0.100. The highest BCUT2D eigenvalue weighted by Crippen LogP contribution is 2.18. The van der Waals surface area contributed by atoms with Gasteiger partial charge in [0.15, 0.2) is 5.69 Å². The van der Waals surface area contributed by atoms with Gasteiger partial charge in [0.25, 0.3) is 0 Å². The molecular formula is C10H9N3O2. The molecule has 0 unspecified atom stereocenters. The van der Waals surface area contributed by atoms with E-state index in [4.69, 9.17) is 4.74 Å². The molecular weight excluding hydrogens is 194 g/mol. The summed E-state index contributed by atoms with van der Waals surface area (Å²) in [5.74, 6) is 0.762. The van der Waals surface area contributed by atoms with Gasteiger partial charge in [0.05, 0.1) is 12.2 Å². The third-order valence-corrected chi connectivity index (χ3v) is 1.97. The van der Waals surface area contributed by atoms with Gasteiger partial charge >= 0.3 is 6.33 Å². The van der Waals surface area contributed by atoms with Gasteiger partial charge in [-0.25, -0.2) is 4.73 Å². The van der Waals surface area contributed by atoms with E-state index in [1.54, 1.807) is 19.2 Å². The Morgan fingerprint density at radius 3 is 2.60 bits per heavy atom. The van der Waals surface area contributed by atoms with Gasteiger partial charge in [-0.2, -0.15) is 0 Å². The van der Waals surface area contributed by atoms with Crippen molar-refractivity contribution in [1.82, 2.24) is 10.2 Å². The zero-order chi connectivity index (χ0) is 10.7. The molecule has 15 heavy (non-hydrogen) atoms. The van der Waals surface area contributed by atoms with Crippen molar-refractivity contribution in [3.8, 4) is 17.0 Å². The molecule has 1 heterocycles. The Morgan fingerprint density at radius 2 is 2.00 bits per heavy atom. The van der Waals surface area contributed by atoms with Crippen molar-refractivity contribution in [2.75, 3.05) is 7.11 Å². The van der Waals surface area contributed by atoms with E-state index in [1.165, 1.54) is 6.20 Å². The highest BCUT2D eigenvalue weighted by Gasteiger charge is 2.03. The topological polar surface area (TPSA) is 62.0 Å². The lowest BCUT2D eigenvalue weighted by atomic mass is 10.1. The molecule has 1 aromatic carbocycles. The Kier molecular flexibility index (Phi) is 2.45. The number of hydrogen-bond acceptors (Lipinski definition) is 4. The highest BCUT2D eigenvalue weighted by atomic mass is 16.5. The van der Waals surface area contributed by atoms with Crippen LogP contribution in [0, 0.1) is 5.21 Å². The van der Waals surface area contributed by atoms with E-state index in [9.17, 15) is 5.21 Å². The van der Waals surface area contributed by atoms with Crippen molar-refractivity contribution in [3.63, 3.8) is 0 Å². The molecule has 0 bridgehead atoms. The van der Waals surface area contributed by atoms with Gasteiger partial charge in [-0.05, 0) is 29.4 Å². The molecule has 0 atom stereocenters. The largest absolute Gasteiger partial charge is 0.711 e. The Balaban J connectivity index is 2.37. The molecule has 0 radical (unpaired) electrons. The SMILES string of the molecule is COc1ccc(-c2c[n+]([O-])cnn2)cc1. The summed E-state index contributed by atoms with van der Waals surface area (Å²) in [5, 5.41) is 18.4. The second-order valence-electron chi connectivity index (χ2n) is 2.93. The summed E-state index contributed by atoms with van der Waals surface area (Å²) in [6.07, 6.45) is 2.47. The Labute approximate surface area is 86.6 Å². The molecule has 0 saturated carbocycles. The van der Waals surface area contributed by atoms with E-state index in [2.05, 4.69) is 10.2 Å². The van der Waals surface area contributed by atoms with E-state index in [1.807, 2.05) is 12.1 Å². The monoisotopic (exact) mass is 203 g/mol. The van der Waals surface area contributed by atoms with E-state index < -0.39 is 0 Å². The number of ether oxygens (including phenoxy) is 1. The maximum atomic E-state index is 11.0. The number of benzene rings is 1. The number of aromatic nitrogens is 3. The van der Waals surface area contributed by atoms with E-state index >= 15 is 0 Å². The quantitative estimate of drug-likeness (QED) is 0.534. The zero-order valence-corrected chi connectivity index (χ0v) is 8.12. The predicted octanol–water partition coefficient (Wildman–Crippen LogP) is 0.786. The van der Waals surface area contributed by atoms with Crippen LogP contribution < -0.4 is 9.47 Å². The molecule has 5 nitrogen and oxygen atoms in total. The van der Waals surface area contributed by atoms with Crippen molar-refractivity contribution < 1.29 is 9.47 Å². The first-order valence-electron chi connectivity index (χ1n) is 4.35. The first-order chi connectivity index (χ1) is 7.29. The normalized spacial score (nSPS) is 9.93. The smallest absolute Gasteiger partial charge is 0.317 e. The van der Waals surface area contributed by atoms with Crippen molar-refractivity contribution >= 4 is 0 Å². The lowest BCUT2D eigenvalue weighted by Crippen LogP contribution is -2.26. The summed E-state index contributed by atoms with van der Waals surface area (Å²) < 4.78 is 5.64. The molecule has 0 saturated heterocycles. The van der Waals surface area contributed by atoms with Gasteiger partial charge in [-0.1, -0.05) is 0 Å². The van der Waals surface area contributed by atoms with Crippen LogP contribution in [0.5, 0.6) is 5.75 Å². The van der Waals surface area contributed by atoms with Gasteiger partial charge in [-0.15, -0.1) is 0 Å². The molecule has 76 valence electrons. The Hall–Kier alpha value is -2.17. The van der Waals surface area contributed by atoms with Crippen LogP contribution in [-0.2, 0) is 0 Å². The van der Waals surface area contributed by atoms with Crippen molar-refractivity contribution in [2.45, 2.75) is 0 Å². The predicted molar refractivity (Wildman–Crippen MR) is 53.0 cm³/mol. The molecule has 0 aliphatic carbocycles. The first-order valence-corrected chi connectivity index (χ1v) is 4.35. The maximum absolute atomic E-state index is 11.0. The summed E-state index contributed by atoms with van der Waals surface area (Å²) in [7, 11) is 1.60. The maximum Gasteiger partial charge on any atom is 0.317 e.